The molecule has 4 nitrogen and oxygen atoms in total. The Kier molecular flexibility index (Phi) is 5.15. The van der Waals surface area contributed by atoms with Gasteiger partial charge in [-0.1, -0.05) is 29.8 Å². The quantitative estimate of drug-likeness (QED) is 0.840. The van der Waals surface area contributed by atoms with E-state index in [9.17, 15) is 4.79 Å². The zero-order valence-corrected chi connectivity index (χ0v) is 16.3. The summed E-state index contributed by atoms with van der Waals surface area (Å²) < 4.78 is 11.7. The molecule has 1 heterocycles. The molecule has 1 amide bonds. The average molecular weight is 374 g/mol. The average Bonchev–Trinajstić information content (AvgIpc) is 2.56. The molecule has 1 unspecified atom stereocenters. The molecule has 0 saturated carbocycles. The van der Waals surface area contributed by atoms with Crippen molar-refractivity contribution >= 4 is 17.5 Å². The Hall–Kier alpha value is -2.20. The first-order valence-electron chi connectivity index (χ1n) is 8.72. The van der Waals surface area contributed by atoms with Crippen LogP contribution in [0.3, 0.4) is 0 Å². The molecule has 0 saturated heterocycles. The first kappa shape index (κ1) is 18.6. The summed E-state index contributed by atoms with van der Waals surface area (Å²) >= 11 is 6.17. The second-order valence-electron chi connectivity index (χ2n) is 7.38. The van der Waals surface area contributed by atoms with Crippen molar-refractivity contribution in [2.24, 2.45) is 0 Å². The number of benzene rings is 2. The van der Waals surface area contributed by atoms with Gasteiger partial charge in [0.15, 0.2) is 6.61 Å². The van der Waals surface area contributed by atoms with E-state index in [1.165, 1.54) is 0 Å². The Bertz CT molecular complexity index is 809. The number of aryl methyl sites for hydroxylation is 2. The fourth-order valence-electron chi connectivity index (χ4n) is 3.31. The van der Waals surface area contributed by atoms with E-state index in [1.807, 2.05) is 64.1 Å². The molecule has 2 aromatic rings. The SMILES string of the molecule is Cc1cc(OCC(=O)NC2CC(C)(C)Oc3ccccc32)cc(C)c1Cl. The number of para-hydroxylation sites is 1. The van der Waals surface area contributed by atoms with Crippen LogP contribution >= 0.6 is 11.6 Å². The van der Waals surface area contributed by atoms with Gasteiger partial charge in [0, 0.05) is 17.0 Å². The number of halogens is 1. The van der Waals surface area contributed by atoms with Gasteiger partial charge in [-0.05, 0) is 57.0 Å². The minimum absolute atomic E-state index is 0.0412. The molecule has 0 aromatic heterocycles. The normalized spacial score (nSPS) is 17.8. The number of hydrogen-bond donors (Lipinski definition) is 1. The molecule has 0 bridgehead atoms. The van der Waals surface area contributed by atoms with Crippen LogP contribution in [-0.4, -0.2) is 18.1 Å². The summed E-state index contributed by atoms with van der Waals surface area (Å²) in [4.78, 5) is 12.4. The largest absolute Gasteiger partial charge is 0.487 e. The lowest BCUT2D eigenvalue weighted by molar-refractivity contribution is -0.124. The number of fused-ring (bicyclic) bond motifs is 1. The zero-order valence-electron chi connectivity index (χ0n) is 15.6. The van der Waals surface area contributed by atoms with E-state index in [4.69, 9.17) is 21.1 Å². The lowest BCUT2D eigenvalue weighted by Crippen LogP contribution is -2.42. The molecule has 1 N–H and O–H groups in total. The van der Waals surface area contributed by atoms with Gasteiger partial charge in [-0.15, -0.1) is 0 Å². The van der Waals surface area contributed by atoms with Gasteiger partial charge in [0.05, 0.1) is 6.04 Å². The Morgan fingerprint density at radius 1 is 1.27 bits per heavy atom. The smallest absolute Gasteiger partial charge is 0.258 e. The zero-order chi connectivity index (χ0) is 18.9. The highest BCUT2D eigenvalue weighted by atomic mass is 35.5. The van der Waals surface area contributed by atoms with Gasteiger partial charge in [-0.2, -0.15) is 0 Å². The molecule has 1 aliphatic heterocycles. The second-order valence-corrected chi connectivity index (χ2v) is 7.76. The second kappa shape index (κ2) is 7.20. The van der Waals surface area contributed by atoms with Gasteiger partial charge in [0.25, 0.3) is 5.91 Å². The molecule has 0 aliphatic carbocycles. The Labute approximate surface area is 159 Å². The van der Waals surface area contributed by atoms with Crippen molar-refractivity contribution in [2.75, 3.05) is 6.61 Å². The first-order valence-corrected chi connectivity index (χ1v) is 9.10. The third-order valence-electron chi connectivity index (χ3n) is 4.49. The summed E-state index contributed by atoms with van der Waals surface area (Å²) in [5.41, 5.74) is 2.53. The summed E-state index contributed by atoms with van der Waals surface area (Å²) in [6, 6.07) is 11.4. The Morgan fingerprint density at radius 3 is 2.62 bits per heavy atom. The molecule has 5 heteroatoms. The monoisotopic (exact) mass is 373 g/mol. The topological polar surface area (TPSA) is 47.6 Å². The summed E-state index contributed by atoms with van der Waals surface area (Å²) in [7, 11) is 0. The van der Waals surface area contributed by atoms with E-state index in [0.717, 1.165) is 27.5 Å². The van der Waals surface area contributed by atoms with Crippen LogP contribution in [0.15, 0.2) is 36.4 Å². The van der Waals surface area contributed by atoms with Crippen LogP contribution in [0, 0.1) is 13.8 Å². The number of nitrogens with one attached hydrogen (secondary N) is 1. The van der Waals surface area contributed by atoms with E-state index in [2.05, 4.69) is 5.32 Å². The number of ether oxygens (including phenoxy) is 2. The highest BCUT2D eigenvalue weighted by molar-refractivity contribution is 6.32. The van der Waals surface area contributed by atoms with Crippen LogP contribution in [0.25, 0.3) is 0 Å². The van der Waals surface area contributed by atoms with Crippen LogP contribution < -0.4 is 14.8 Å². The highest BCUT2D eigenvalue weighted by Gasteiger charge is 2.34. The number of rotatable bonds is 4. The molecule has 138 valence electrons. The van der Waals surface area contributed by atoms with Crippen LogP contribution in [-0.2, 0) is 4.79 Å². The van der Waals surface area contributed by atoms with Gasteiger partial charge in [0.2, 0.25) is 0 Å². The maximum absolute atomic E-state index is 12.4. The van der Waals surface area contributed by atoms with Gasteiger partial charge in [-0.25, -0.2) is 0 Å². The van der Waals surface area contributed by atoms with Crippen LogP contribution in [0.1, 0.15) is 43.0 Å². The Morgan fingerprint density at radius 2 is 1.92 bits per heavy atom. The van der Waals surface area contributed by atoms with E-state index >= 15 is 0 Å². The molecule has 0 radical (unpaired) electrons. The summed E-state index contributed by atoms with van der Waals surface area (Å²) in [5.74, 6) is 1.30. The van der Waals surface area contributed by atoms with Crippen molar-refractivity contribution in [3.05, 3.63) is 58.1 Å². The number of amides is 1. The van der Waals surface area contributed by atoms with Gasteiger partial charge >= 0.3 is 0 Å². The highest BCUT2D eigenvalue weighted by Crippen LogP contribution is 2.39. The van der Waals surface area contributed by atoms with Crippen molar-refractivity contribution in [1.29, 1.82) is 0 Å². The number of hydrogen-bond acceptors (Lipinski definition) is 3. The van der Waals surface area contributed by atoms with Crippen molar-refractivity contribution in [3.8, 4) is 11.5 Å². The minimum Gasteiger partial charge on any atom is -0.487 e. The predicted octanol–water partition coefficient (Wildman–Crippen LogP) is 4.75. The summed E-state index contributed by atoms with van der Waals surface area (Å²) in [6.45, 7) is 7.85. The van der Waals surface area contributed by atoms with Crippen LogP contribution in [0.4, 0.5) is 0 Å². The van der Waals surface area contributed by atoms with Crippen molar-refractivity contribution in [3.63, 3.8) is 0 Å². The lowest BCUT2D eigenvalue weighted by atomic mass is 9.90. The molecule has 1 atom stereocenters. The summed E-state index contributed by atoms with van der Waals surface area (Å²) in [5, 5.41) is 3.80. The van der Waals surface area contributed by atoms with E-state index in [0.29, 0.717) is 12.2 Å². The minimum atomic E-state index is -0.336. The molecular formula is C21H24ClNO3. The fourth-order valence-corrected chi connectivity index (χ4v) is 3.41. The van der Waals surface area contributed by atoms with E-state index in [-0.39, 0.29) is 24.2 Å². The van der Waals surface area contributed by atoms with E-state index < -0.39 is 0 Å². The molecule has 3 rings (SSSR count). The van der Waals surface area contributed by atoms with Crippen LogP contribution in [0.5, 0.6) is 11.5 Å². The molecule has 0 fully saturated rings. The molecular weight excluding hydrogens is 350 g/mol. The summed E-state index contributed by atoms with van der Waals surface area (Å²) in [6.07, 6.45) is 0.703. The third-order valence-corrected chi connectivity index (χ3v) is 5.09. The first-order chi connectivity index (χ1) is 12.2. The van der Waals surface area contributed by atoms with Gasteiger partial charge in [-0.3, -0.25) is 4.79 Å². The molecule has 0 spiro atoms. The van der Waals surface area contributed by atoms with Crippen molar-refractivity contribution < 1.29 is 14.3 Å². The Balaban J connectivity index is 1.67. The van der Waals surface area contributed by atoms with Gasteiger partial charge in [0.1, 0.15) is 17.1 Å². The van der Waals surface area contributed by atoms with E-state index in [1.54, 1.807) is 0 Å². The molecule has 1 aliphatic rings. The maximum Gasteiger partial charge on any atom is 0.258 e. The number of carbonyl (C=O) groups is 1. The predicted molar refractivity (Wildman–Crippen MR) is 103 cm³/mol. The van der Waals surface area contributed by atoms with Crippen molar-refractivity contribution in [1.82, 2.24) is 5.32 Å². The maximum atomic E-state index is 12.4. The van der Waals surface area contributed by atoms with Gasteiger partial charge < -0.3 is 14.8 Å². The fraction of sp³-hybridized carbons (Fsp3) is 0.381. The number of carbonyl (C=O) groups excluding carboxylic acids is 1. The van der Waals surface area contributed by atoms with Crippen LogP contribution in [0.2, 0.25) is 5.02 Å². The lowest BCUT2D eigenvalue weighted by Gasteiger charge is -2.37. The third kappa shape index (κ3) is 4.13. The van der Waals surface area contributed by atoms with Crippen molar-refractivity contribution in [2.45, 2.75) is 45.8 Å². The molecule has 2 aromatic carbocycles. The molecule has 26 heavy (non-hydrogen) atoms. The standard InChI is InChI=1S/C21H24ClNO3/c1-13-9-15(10-14(2)20(13)22)25-12-19(24)23-17-11-21(3,4)26-18-8-6-5-7-16(17)18/h5-10,17H,11-12H2,1-4H3,(H,23,24).